The maximum absolute atomic E-state index is 11.3. The number of hydrogen-bond acceptors (Lipinski definition) is 7. The van der Waals surface area contributed by atoms with E-state index in [-0.39, 0.29) is 5.25 Å². The molecule has 0 aromatic carbocycles. The molecule has 19 heavy (non-hydrogen) atoms. The Morgan fingerprint density at radius 1 is 1.21 bits per heavy atom. The van der Waals surface area contributed by atoms with Gasteiger partial charge in [0, 0.05) is 49.5 Å². The van der Waals surface area contributed by atoms with Gasteiger partial charge in [0.2, 0.25) is 17.8 Å². The predicted molar refractivity (Wildman–Crippen MR) is 80.3 cm³/mol. The largest absolute Gasteiger partial charge is 0.354 e. The van der Waals surface area contributed by atoms with Crippen LogP contribution in [0.2, 0.25) is 0 Å². The van der Waals surface area contributed by atoms with E-state index >= 15 is 0 Å². The second-order valence-electron chi connectivity index (χ2n) is 4.40. The van der Waals surface area contributed by atoms with Gasteiger partial charge in [0.05, 0.1) is 0 Å². The Balaban J connectivity index is 2.84. The Morgan fingerprint density at radius 2 is 1.79 bits per heavy atom. The van der Waals surface area contributed by atoms with Gasteiger partial charge < -0.3 is 15.5 Å². The lowest BCUT2D eigenvalue weighted by molar-refractivity contribution is 0.678. The lowest BCUT2D eigenvalue weighted by Crippen LogP contribution is -2.23. The van der Waals surface area contributed by atoms with Gasteiger partial charge >= 0.3 is 0 Å². The summed E-state index contributed by atoms with van der Waals surface area (Å²) in [7, 11) is 2.88. The van der Waals surface area contributed by atoms with Crippen molar-refractivity contribution in [3.63, 3.8) is 0 Å². The molecule has 0 radical (unpaired) electrons. The van der Waals surface area contributed by atoms with Gasteiger partial charge in [-0.2, -0.15) is 15.0 Å². The third kappa shape index (κ3) is 4.98. The zero-order chi connectivity index (χ0) is 14.4. The number of nitrogens with one attached hydrogen (secondary N) is 2. The minimum absolute atomic E-state index is 0.0437. The van der Waals surface area contributed by atoms with Crippen LogP contribution < -0.4 is 15.5 Å². The standard InChI is InChI=1S/C11H22N6OS/c1-6-12-9-14-10(13-7-8(2)19(5)18)16-11(15-9)17(3)4/h8H,6-7H2,1-5H3,(H2,12,13,14,15,16). The maximum atomic E-state index is 11.3. The lowest BCUT2D eigenvalue weighted by atomic mass is 10.5. The van der Waals surface area contributed by atoms with Gasteiger partial charge in [0.15, 0.2) is 0 Å². The Bertz CT molecular complexity index is 439. The first-order valence-corrected chi connectivity index (χ1v) is 7.79. The number of aromatic nitrogens is 3. The zero-order valence-electron chi connectivity index (χ0n) is 12.1. The average molecular weight is 286 g/mol. The summed E-state index contributed by atoms with van der Waals surface area (Å²) in [5, 5.41) is 6.21. The highest BCUT2D eigenvalue weighted by Crippen LogP contribution is 2.11. The molecule has 0 spiro atoms. The summed E-state index contributed by atoms with van der Waals surface area (Å²) in [5.41, 5.74) is 0. The Kier molecular flexibility index (Phi) is 5.94. The summed E-state index contributed by atoms with van der Waals surface area (Å²) in [6.07, 6.45) is 1.69. The zero-order valence-corrected chi connectivity index (χ0v) is 12.9. The van der Waals surface area contributed by atoms with Crippen molar-refractivity contribution < 1.29 is 4.21 Å². The van der Waals surface area contributed by atoms with Crippen molar-refractivity contribution in [1.82, 2.24) is 15.0 Å². The highest BCUT2D eigenvalue weighted by atomic mass is 32.2. The van der Waals surface area contributed by atoms with E-state index in [2.05, 4.69) is 25.6 Å². The van der Waals surface area contributed by atoms with Crippen LogP contribution in [0.1, 0.15) is 13.8 Å². The Morgan fingerprint density at radius 3 is 2.26 bits per heavy atom. The molecule has 0 saturated carbocycles. The Hall–Kier alpha value is -1.44. The molecule has 0 amide bonds. The van der Waals surface area contributed by atoms with Gasteiger partial charge in [-0.1, -0.05) is 0 Å². The molecule has 0 aliphatic rings. The third-order valence-corrected chi connectivity index (χ3v) is 3.77. The van der Waals surface area contributed by atoms with Crippen LogP contribution in [-0.2, 0) is 10.8 Å². The van der Waals surface area contributed by atoms with E-state index in [0.29, 0.717) is 24.4 Å². The van der Waals surface area contributed by atoms with Crippen LogP contribution in [0.3, 0.4) is 0 Å². The molecule has 2 atom stereocenters. The normalized spacial score (nSPS) is 13.7. The molecule has 0 fully saturated rings. The summed E-state index contributed by atoms with van der Waals surface area (Å²) >= 11 is 0. The monoisotopic (exact) mass is 286 g/mol. The summed E-state index contributed by atoms with van der Waals surface area (Å²) in [5.74, 6) is 1.61. The molecular weight excluding hydrogens is 264 g/mol. The quantitative estimate of drug-likeness (QED) is 0.757. The number of nitrogens with zero attached hydrogens (tertiary/aromatic N) is 4. The second kappa shape index (κ2) is 7.22. The Labute approximate surface area is 116 Å². The van der Waals surface area contributed by atoms with Gasteiger partial charge in [0.1, 0.15) is 0 Å². The maximum Gasteiger partial charge on any atom is 0.231 e. The molecule has 1 heterocycles. The molecule has 2 N–H and O–H groups in total. The van der Waals surface area contributed by atoms with Crippen LogP contribution in [-0.4, -0.2) is 57.9 Å². The first kappa shape index (κ1) is 15.6. The molecule has 0 saturated heterocycles. The highest BCUT2D eigenvalue weighted by Gasteiger charge is 2.10. The van der Waals surface area contributed by atoms with E-state index < -0.39 is 10.8 Å². The van der Waals surface area contributed by atoms with Crippen molar-refractivity contribution in [2.24, 2.45) is 0 Å². The van der Waals surface area contributed by atoms with Crippen molar-refractivity contribution in [2.75, 3.05) is 49.0 Å². The predicted octanol–water partition coefficient (Wildman–Crippen LogP) is 0.548. The van der Waals surface area contributed by atoms with E-state index in [1.807, 2.05) is 32.8 Å². The molecule has 1 rings (SSSR count). The van der Waals surface area contributed by atoms with Gasteiger partial charge in [-0.3, -0.25) is 4.21 Å². The second-order valence-corrected chi connectivity index (χ2v) is 6.20. The summed E-state index contributed by atoms with van der Waals surface area (Å²) in [6, 6.07) is 0. The summed E-state index contributed by atoms with van der Waals surface area (Å²) in [6.45, 7) is 5.20. The average Bonchev–Trinajstić information content (AvgIpc) is 2.35. The number of hydrogen-bond donors (Lipinski definition) is 2. The van der Waals surface area contributed by atoms with E-state index in [9.17, 15) is 4.21 Å². The van der Waals surface area contributed by atoms with Crippen LogP contribution in [0, 0.1) is 0 Å². The first-order valence-electron chi connectivity index (χ1n) is 6.17. The van der Waals surface area contributed by atoms with E-state index in [4.69, 9.17) is 0 Å². The minimum atomic E-state index is -0.867. The van der Waals surface area contributed by atoms with Gasteiger partial charge in [0.25, 0.3) is 0 Å². The fraction of sp³-hybridized carbons (Fsp3) is 0.727. The molecule has 1 aromatic heterocycles. The molecule has 108 valence electrons. The van der Waals surface area contributed by atoms with Crippen LogP contribution in [0.15, 0.2) is 0 Å². The summed E-state index contributed by atoms with van der Waals surface area (Å²) in [4.78, 5) is 14.7. The third-order valence-electron chi connectivity index (χ3n) is 2.47. The topological polar surface area (TPSA) is 83.0 Å². The van der Waals surface area contributed by atoms with Gasteiger partial charge in [-0.05, 0) is 13.8 Å². The molecule has 0 aliphatic carbocycles. The van der Waals surface area contributed by atoms with Crippen molar-refractivity contribution in [2.45, 2.75) is 19.1 Å². The number of anilines is 3. The van der Waals surface area contributed by atoms with E-state index in [1.54, 1.807) is 6.26 Å². The lowest BCUT2D eigenvalue weighted by Gasteiger charge is -2.15. The van der Waals surface area contributed by atoms with Crippen LogP contribution in [0.4, 0.5) is 17.8 Å². The molecule has 2 unspecified atom stereocenters. The molecule has 0 bridgehead atoms. The van der Waals surface area contributed by atoms with Crippen molar-refractivity contribution >= 4 is 28.6 Å². The van der Waals surface area contributed by atoms with Crippen molar-refractivity contribution in [3.05, 3.63) is 0 Å². The summed E-state index contributed by atoms with van der Waals surface area (Å²) < 4.78 is 11.3. The van der Waals surface area contributed by atoms with Crippen molar-refractivity contribution in [3.8, 4) is 0 Å². The SMILES string of the molecule is CCNc1nc(NCC(C)S(C)=O)nc(N(C)C)n1. The number of rotatable bonds is 7. The minimum Gasteiger partial charge on any atom is -0.354 e. The molecule has 1 aromatic rings. The van der Waals surface area contributed by atoms with Crippen LogP contribution >= 0.6 is 0 Å². The van der Waals surface area contributed by atoms with Crippen LogP contribution in [0.5, 0.6) is 0 Å². The fourth-order valence-corrected chi connectivity index (χ4v) is 1.55. The molecule has 0 aliphatic heterocycles. The molecule has 7 nitrogen and oxygen atoms in total. The highest BCUT2D eigenvalue weighted by molar-refractivity contribution is 7.84. The molecule has 8 heteroatoms. The van der Waals surface area contributed by atoms with Crippen LogP contribution in [0.25, 0.3) is 0 Å². The van der Waals surface area contributed by atoms with Gasteiger partial charge in [-0.25, -0.2) is 0 Å². The van der Waals surface area contributed by atoms with Gasteiger partial charge in [-0.15, -0.1) is 0 Å². The fourth-order valence-electron chi connectivity index (χ4n) is 1.23. The van der Waals surface area contributed by atoms with E-state index in [1.165, 1.54) is 0 Å². The first-order chi connectivity index (χ1) is 8.93. The van der Waals surface area contributed by atoms with E-state index in [0.717, 1.165) is 6.54 Å². The smallest absolute Gasteiger partial charge is 0.231 e. The van der Waals surface area contributed by atoms with Crippen molar-refractivity contribution in [1.29, 1.82) is 0 Å². The molecular formula is C11H22N6OS.